The number of rotatable bonds is 8. The van der Waals surface area contributed by atoms with Crippen LogP contribution < -0.4 is 5.56 Å². The molecule has 0 N–H and O–H groups in total. The van der Waals surface area contributed by atoms with Crippen molar-refractivity contribution in [2.45, 2.75) is 37.2 Å². The first kappa shape index (κ1) is 19.6. The molecule has 0 aliphatic rings. The number of nitrogens with zero attached hydrogens (tertiary/aromatic N) is 3. The third kappa shape index (κ3) is 4.59. The summed E-state index contributed by atoms with van der Waals surface area (Å²) in [6.07, 6.45) is 1.66. The molecule has 27 heavy (non-hydrogen) atoms. The van der Waals surface area contributed by atoms with Crippen molar-refractivity contribution in [3.05, 3.63) is 56.7 Å². The maximum Gasteiger partial charge on any atom is 0.262 e. The molecule has 0 atom stereocenters. The second kappa shape index (κ2) is 9.18. The third-order valence-corrected chi connectivity index (χ3v) is 6.42. The van der Waals surface area contributed by atoms with Gasteiger partial charge in [-0.05, 0) is 36.6 Å². The molecule has 0 bridgehead atoms. The molecular weight excluding hydrogens is 378 g/mol. The number of methoxy groups -OCH3 is 1. The van der Waals surface area contributed by atoms with Gasteiger partial charge in [0.2, 0.25) is 0 Å². The van der Waals surface area contributed by atoms with Crippen molar-refractivity contribution in [3.63, 3.8) is 0 Å². The van der Waals surface area contributed by atoms with Gasteiger partial charge in [-0.3, -0.25) is 9.36 Å². The zero-order valence-electron chi connectivity index (χ0n) is 15.4. The van der Waals surface area contributed by atoms with Crippen molar-refractivity contribution in [3.8, 4) is 6.07 Å². The molecule has 1 aromatic carbocycles. The minimum atomic E-state index is 0.0226. The SMILES string of the molecule is CCc1cc2c(=O)n(CCCOC)c(SCc3ccc(C#N)cc3)nc2s1. The molecule has 7 heteroatoms. The molecule has 0 unspecified atom stereocenters. The second-order valence-corrected chi connectivity index (χ2v) is 8.14. The van der Waals surface area contributed by atoms with E-state index in [1.54, 1.807) is 34.8 Å². The minimum Gasteiger partial charge on any atom is -0.385 e. The van der Waals surface area contributed by atoms with Crippen LogP contribution in [0, 0.1) is 11.3 Å². The monoisotopic (exact) mass is 399 g/mol. The maximum absolute atomic E-state index is 13.0. The largest absolute Gasteiger partial charge is 0.385 e. The molecule has 0 aliphatic carbocycles. The van der Waals surface area contributed by atoms with E-state index in [1.807, 2.05) is 30.3 Å². The van der Waals surface area contributed by atoms with Crippen molar-refractivity contribution in [2.75, 3.05) is 13.7 Å². The summed E-state index contributed by atoms with van der Waals surface area (Å²) in [7, 11) is 1.66. The summed E-state index contributed by atoms with van der Waals surface area (Å²) in [5.74, 6) is 0.694. The maximum atomic E-state index is 13.0. The summed E-state index contributed by atoms with van der Waals surface area (Å²) in [5.41, 5.74) is 1.76. The van der Waals surface area contributed by atoms with E-state index in [4.69, 9.17) is 15.0 Å². The number of hydrogen-bond donors (Lipinski definition) is 0. The van der Waals surface area contributed by atoms with Crippen molar-refractivity contribution in [1.82, 2.24) is 9.55 Å². The predicted octanol–water partition coefficient (Wildman–Crippen LogP) is 4.22. The van der Waals surface area contributed by atoms with Crippen molar-refractivity contribution >= 4 is 33.3 Å². The Morgan fingerprint density at radius 3 is 2.78 bits per heavy atom. The quantitative estimate of drug-likeness (QED) is 0.322. The first-order valence-electron chi connectivity index (χ1n) is 8.80. The molecule has 0 aliphatic heterocycles. The Morgan fingerprint density at radius 2 is 2.11 bits per heavy atom. The van der Waals surface area contributed by atoms with E-state index in [2.05, 4.69) is 13.0 Å². The van der Waals surface area contributed by atoms with Gasteiger partial charge in [0.05, 0.1) is 17.0 Å². The summed E-state index contributed by atoms with van der Waals surface area (Å²) in [4.78, 5) is 19.8. The summed E-state index contributed by atoms with van der Waals surface area (Å²) in [6, 6.07) is 11.6. The number of thiophene rings is 1. The van der Waals surface area contributed by atoms with Crippen LogP contribution in [0.1, 0.15) is 29.3 Å². The van der Waals surface area contributed by atoms with Crippen LogP contribution >= 0.6 is 23.1 Å². The van der Waals surface area contributed by atoms with Crippen LogP contribution in [-0.2, 0) is 23.5 Å². The smallest absolute Gasteiger partial charge is 0.262 e. The van der Waals surface area contributed by atoms with Gasteiger partial charge >= 0.3 is 0 Å². The highest BCUT2D eigenvalue weighted by molar-refractivity contribution is 7.98. The first-order chi connectivity index (χ1) is 13.2. The number of hydrogen-bond acceptors (Lipinski definition) is 6. The standard InChI is InChI=1S/C20H21N3O2S2/c1-3-16-11-17-18(27-16)22-20(23(19(17)24)9-4-10-25-2)26-13-15-7-5-14(12-21)6-8-15/h5-8,11H,3-4,9-10,13H2,1-2H3. The minimum absolute atomic E-state index is 0.0226. The molecule has 0 radical (unpaired) electrons. The molecule has 2 aromatic heterocycles. The Balaban J connectivity index is 1.91. The fraction of sp³-hybridized carbons (Fsp3) is 0.350. The van der Waals surface area contributed by atoms with Gasteiger partial charge in [0.1, 0.15) is 4.83 Å². The Labute approximate surface area is 166 Å². The molecule has 5 nitrogen and oxygen atoms in total. The normalized spacial score (nSPS) is 11.0. The number of fused-ring (bicyclic) bond motifs is 1. The Bertz CT molecular complexity index is 1020. The van der Waals surface area contributed by atoms with Gasteiger partial charge in [-0.2, -0.15) is 5.26 Å². The van der Waals surface area contributed by atoms with Gasteiger partial charge < -0.3 is 4.74 Å². The van der Waals surface area contributed by atoms with Crippen LogP contribution in [-0.4, -0.2) is 23.3 Å². The van der Waals surface area contributed by atoms with Crippen molar-refractivity contribution in [2.24, 2.45) is 0 Å². The van der Waals surface area contributed by atoms with Gasteiger partial charge in [0.15, 0.2) is 5.16 Å². The zero-order chi connectivity index (χ0) is 19.2. The second-order valence-electron chi connectivity index (χ2n) is 6.08. The summed E-state index contributed by atoms with van der Waals surface area (Å²) in [6.45, 7) is 3.28. The molecule has 0 spiro atoms. The summed E-state index contributed by atoms with van der Waals surface area (Å²) < 4.78 is 6.90. The zero-order valence-corrected chi connectivity index (χ0v) is 17.0. The Hall–Kier alpha value is -2.14. The highest BCUT2D eigenvalue weighted by atomic mass is 32.2. The lowest BCUT2D eigenvalue weighted by atomic mass is 10.2. The predicted molar refractivity (Wildman–Crippen MR) is 110 cm³/mol. The highest BCUT2D eigenvalue weighted by Gasteiger charge is 2.14. The van der Waals surface area contributed by atoms with E-state index in [0.717, 1.165) is 28.4 Å². The number of aryl methyl sites for hydroxylation is 1. The number of benzene rings is 1. The van der Waals surface area contributed by atoms with E-state index in [-0.39, 0.29) is 5.56 Å². The molecule has 0 saturated carbocycles. The molecule has 3 rings (SSSR count). The molecule has 3 aromatic rings. The van der Waals surface area contributed by atoms with Crippen molar-refractivity contribution in [1.29, 1.82) is 5.26 Å². The summed E-state index contributed by atoms with van der Waals surface area (Å²) >= 11 is 3.14. The molecule has 0 fully saturated rings. The number of aromatic nitrogens is 2. The molecule has 140 valence electrons. The lowest BCUT2D eigenvalue weighted by molar-refractivity contribution is 0.189. The van der Waals surface area contributed by atoms with Crippen LogP contribution in [0.2, 0.25) is 0 Å². The van der Waals surface area contributed by atoms with E-state index in [9.17, 15) is 4.79 Å². The van der Waals surface area contributed by atoms with Gasteiger partial charge in [-0.1, -0.05) is 30.8 Å². The van der Waals surface area contributed by atoms with Crippen LogP contribution in [0.4, 0.5) is 0 Å². The van der Waals surface area contributed by atoms with E-state index >= 15 is 0 Å². The van der Waals surface area contributed by atoms with E-state index in [1.165, 1.54) is 4.88 Å². The topological polar surface area (TPSA) is 67.9 Å². The third-order valence-electron chi connectivity index (χ3n) is 4.20. The average molecular weight is 400 g/mol. The van der Waals surface area contributed by atoms with E-state index < -0.39 is 0 Å². The van der Waals surface area contributed by atoms with Gasteiger partial charge in [-0.25, -0.2) is 4.98 Å². The first-order valence-corrected chi connectivity index (χ1v) is 10.6. The average Bonchev–Trinajstić information content (AvgIpc) is 3.12. The van der Waals surface area contributed by atoms with Gasteiger partial charge in [0.25, 0.3) is 5.56 Å². The summed E-state index contributed by atoms with van der Waals surface area (Å²) in [5, 5.41) is 10.4. The fourth-order valence-electron chi connectivity index (χ4n) is 2.72. The Morgan fingerprint density at radius 1 is 1.33 bits per heavy atom. The number of nitriles is 1. The van der Waals surface area contributed by atoms with E-state index in [0.29, 0.717) is 29.9 Å². The fourth-order valence-corrected chi connectivity index (χ4v) is 4.71. The Kier molecular flexibility index (Phi) is 6.67. The van der Waals surface area contributed by atoms with Crippen LogP contribution in [0.15, 0.2) is 40.3 Å². The lowest BCUT2D eigenvalue weighted by Crippen LogP contribution is -2.23. The van der Waals surface area contributed by atoms with Crippen LogP contribution in [0.3, 0.4) is 0 Å². The highest BCUT2D eigenvalue weighted by Crippen LogP contribution is 2.27. The number of ether oxygens (including phenoxy) is 1. The molecule has 2 heterocycles. The molecule has 0 amide bonds. The molecular formula is C20H21N3O2S2. The van der Waals surface area contributed by atoms with Crippen LogP contribution in [0.5, 0.6) is 0 Å². The molecule has 0 saturated heterocycles. The lowest BCUT2D eigenvalue weighted by Gasteiger charge is -2.11. The van der Waals surface area contributed by atoms with Gasteiger partial charge in [-0.15, -0.1) is 11.3 Å². The number of thioether (sulfide) groups is 1. The van der Waals surface area contributed by atoms with Crippen LogP contribution in [0.25, 0.3) is 10.2 Å². The van der Waals surface area contributed by atoms with Gasteiger partial charge in [0, 0.05) is 30.9 Å². The van der Waals surface area contributed by atoms with Crippen molar-refractivity contribution < 1.29 is 4.74 Å².